The molecule has 24 heavy (non-hydrogen) atoms. The van der Waals surface area contributed by atoms with Crippen molar-refractivity contribution in [3.05, 3.63) is 29.3 Å². The molecule has 2 rings (SSSR count). The van der Waals surface area contributed by atoms with Gasteiger partial charge < -0.3 is 25.2 Å². The van der Waals surface area contributed by atoms with Crippen molar-refractivity contribution in [3.8, 4) is 11.5 Å². The maximum Gasteiger partial charge on any atom is 0.246 e. The van der Waals surface area contributed by atoms with Gasteiger partial charge in [-0.15, -0.1) is 12.4 Å². The molecule has 134 valence electrons. The predicted molar refractivity (Wildman–Crippen MR) is 95.8 cm³/mol. The number of hydrogen-bond donors (Lipinski definition) is 3. The number of fused-ring (bicyclic) bond motifs is 1. The Hall–Kier alpha value is -1.92. The Morgan fingerprint density at radius 1 is 1.33 bits per heavy atom. The normalized spacial score (nSPS) is 16.5. The lowest BCUT2D eigenvalue weighted by Crippen LogP contribution is -2.44. The summed E-state index contributed by atoms with van der Waals surface area (Å²) in [6.07, 6.45) is 2.32. The third-order valence-electron chi connectivity index (χ3n) is 3.69. The second-order valence-electron chi connectivity index (χ2n) is 6.12. The molecule has 1 aromatic carbocycles. The first-order valence-corrected chi connectivity index (χ1v) is 7.54. The molecule has 1 aliphatic heterocycles. The molecule has 1 heterocycles. The summed E-state index contributed by atoms with van der Waals surface area (Å²) in [5.41, 5.74) is 2.55. The molecule has 6 nitrogen and oxygen atoms in total. The third-order valence-corrected chi connectivity index (χ3v) is 3.69. The van der Waals surface area contributed by atoms with Gasteiger partial charge in [-0.3, -0.25) is 4.79 Å². The number of methoxy groups -OCH3 is 2. The molecule has 1 aliphatic rings. The lowest BCUT2D eigenvalue weighted by molar-refractivity contribution is -0.116. The average Bonchev–Trinajstić information content (AvgIpc) is 2.50. The molecule has 0 bridgehead atoms. The van der Waals surface area contributed by atoms with Gasteiger partial charge in [0.1, 0.15) is 0 Å². The van der Waals surface area contributed by atoms with Gasteiger partial charge in [0, 0.05) is 29.4 Å². The van der Waals surface area contributed by atoms with Gasteiger partial charge in [0.15, 0.2) is 11.5 Å². The van der Waals surface area contributed by atoms with Crippen molar-refractivity contribution in [3.63, 3.8) is 0 Å². The van der Waals surface area contributed by atoms with Crippen molar-refractivity contribution < 1.29 is 19.4 Å². The topological polar surface area (TPSA) is 79.8 Å². The van der Waals surface area contributed by atoms with Crippen molar-refractivity contribution >= 4 is 24.0 Å². The predicted octanol–water partition coefficient (Wildman–Crippen LogP) is 1.50. The van der Waals surface area contributed by atoms with E-state index in [0.717, 1.165) is 23.2 Å². The fraction of sp³-hybridized carbons (Fsp3) is 0.471. The first-order valence-electron chi connectivity index (χ1n) is 7.54. The van der Waals surface area contributed by atoms with Crippen molar-refractivity contribution in [2.75, 3.05) is 27.4 Å². The van der Waals surface area contributed by atoms with Crippen LogP contribution >= 0.6 is 12.4 Å². The Kier molecular flexibility index (Phi) is 6.93. The van der Waals surface area contributed by atoms with Crippen LogP contribution in [-0.4, -0.2) is 43.9 Å². The molecule has 0 saturated heterocycles. The molecule has 0 unspecified atom stereocenters. The lowest BCUT2D eigenvalue weighted by atomic mass is 9.85. The zero-order chi connectivity index (χ0) is 17.0. The largest absolute Gasteiger partial charge is 0.493 e. The number of carbonyl (C=O) groups is 1. The highest BCUT2D eigenvalue weighted by Gasteiger charge is 2.29. The Labute approximate surface area is 148 Å². The van der Waals surface area contributed by atoms with Gasteiger partial charge in [0.05, 0.1) is 20.8 Å². The highest BCUT2D eigenvalue weighted by molar-refractivity contribution is 5.95. The Morgan fingerprint density at radius 2 is 1.96 bits per heavy atom. The number of amides is 1. The van der Waals surface area contributed by atoms with E-state index in [4.69, 9.17) is 14.6 Å². The van der Waals surface area contributed by atoms with Gasteiger partial charge in [-0.2, -0.15) is 0 Å². The highest BCUT2D eigenvalue weighted by atomic mass is 35.5. The SMILES string of the molecule is COc1cc2c(cc1OC)C(=CC(=O)NCCO)NC(C)(C)C2.Cl. The van der Waals surface area contributed by atoms with E-state index in [9.17, 15) is 4.79 Å². The van der Waals surface area contributed by atoms with E-state index in [-0.39, 0.29) is 37.0 Å². The molecular formula is C17H25ClN2O4. The molecule has 0 saturated carbocycles. The van der Waals surface area contributed by atoms with E-state index in [0.29, 0.717) is 11.5 Å². The van der Waals surface area contributed by atoms with Crippen LogP contribution in [0.4, 0.5) is 0 Å². The highest BCUT2D eigenvalue weighted by Crippen LogP contribution is 2.37. The van der Waals surface area contributed by atoms with Crippen LogP contribution in [0.2, 0.25) is 0 Å². The van der Waals surface area contributed by atoms with Crippen LogP contribution in [0.3, 0.4) is 0 Å². The van der Waals surface area contributed by atoms with Crippen molar-refractivity contribution in [2.24, 2.45) is 0 Å². The van der Waals surface area contributed by atoms with Crippen LogP contribution in [0.25, 0.3) is 5.70 Å². The number of benzene rings is 1. The summed E-state index contributed by atoms with van der Waals surface area (Å²) in [5, 5.41) is 14.8. The summed E-state index contributed by atoms with van der Waals surface area (Å²) in [7, 11) is 3.19. The molecule has 3 N–H and O–H groups in total. The van der Waals surface area contributed by atoms with Gasteiger partial charge >= 0.3 is 0 Å². The lowest BCUT2D eigenvalue weighted by Gasteiger charge is -2.36. The Bertz CT molecular complexity index is 629. The standard InChI is InChI=1S/C17H24N2O4.ClH/c1-17(2)10-11-7-14(22-3)15(23-4)8-12(11)13(19-17)9-16(21)18-5-6-20;/h7-9,19-20H,5-6,10H2,1-4H3,(H,18,21);1H. The minimum Gasteiger partial charge on any atom is -0.493 e. The number of aliphatic hydroxyl groups is 1. The van der Waals surface area contributed by atoms with Crippen LogP contribution in [-0.2, 0) is 11.2 Å². The van der Waals surface area contributed by atoms with Crippen molar-refractivity contribution in [1.82, 2.24) is 10.6 Å². The maximum absolute atomic E-state index is 12.0. The first-order chi connectivity index (χ1) is 10.9. The zero-order valence-electron chi connectivity index (χ0n) is 14.4. The van der Waals surface area contributed by atoms with E-state index in [1.165, 1.54) is 6.08 Å². The fourth-order valence-corrected chi connectivity index (χ4v) is 2.75. The second kappa shape index (κ2) is 8.26. The van der Waals surface area contributed by atoms with Gasteiger partial charge in [-0.25, -0.2) is 0 Å². The van der Waals surface area contributed by atoms with Crippen molar-refractivity contribution in [1.29, 1.82) is 0 Å². The van der Waals surface area contributed by atoms with Crippen LogP contribution in [0.5, 0.6) is 11.5 Å². The smallest absolute Gasteiger partial charge is 0.246 e. The number of hydrogen-bond acceptors (Lipinski definition) is 5. The van der Waals surface area contributed by atoms with E-state index in [2.05, 4.69) is 24.5 Å². The minimum atomic E-state index is -0.250. The molecule has 7 heteroatoms. The first kappa shape index (κ1) is 20.1. The van der Waals surface area contributed by atoms with Gasteiger partial charge in [-0.1, -0.05) is 0 Å². The monoisotopic (exact) mass is 356 g/mol. The van der Waals surface area contributed by atoms with Crippen LogP contribution in [0, 0.1) is 0 Å². The van der Waals surface area contributed by atoms with Crippen LogP contribution in [0.15, 0.2) is 18.2 Å². The fourth-order valence-electron chi connectivity index (χ4n) is 2.75. The number of carbonyl (C=O) groups excluding carboxylic acids is 1. The third kappa shape index (κ3) is 4.55. The molecule has 1 aromatic rings. The number of halogens is 1. The average molecular weight is 357 g/mol. The summed E-state index contributed by atoms with van der Waals surface area (Å²) in [5.74, 6) is 1.04. The summed E-state index contributed by atoms with van der Waals surface area (Å²) in [6.45, 7) is 4.29. The van der Waals surface area contributed by atoms with E-state index in [1.807, 2.05) is 12.1 Å². The molecule has 0 radical (unpaired) electrons. The van der Waals surface area contributed by atoms with E-state index in [1.54, 1.807) is 14.2 Å². The summed E-state index contributed by atoms with van der Waals surface area (Å²) in [4.78, 5) is 12.0. The molecular weight excluding hydrogens is 332 g/mol. The van der Waals surface area contributed by atoms with Crippen LogP contribution in [0.1, 0.15) is 25.0 Å². The van der Waals surface area contributed by atoms with Gasteiger partial charge in [0.2, 0.25) is 5.91 Å². The summed E-state index contributed by atoms with van der Waals surface area (Å²) in [6, 6.07) is 3.83. The van der Waals surface area contributed by atoms with E-state index < -0.39 is 0 Å². The zero-order valence-corrected chi connectivity index (χ0v) is 15.3. The number of nitrogens with one attached hydrogen (secondary N) is 2. The number of ether oxygens (including phenoxy) is 2. The number of rotatable bonds is 5. The Balaban J connectivity index is 0.00000288. The molecule has 0 aromatic heterocycles. The molecule has 1 amide bonds. The van der Waals surface area contributed by atoms with Gasteiger partial charge in [0.25, 0.3) is 0 Å². The minimum absolute atomic E-state index is 0. The Morgan fingerprint density at radius 3 is 2.54 bits per heavy atom. The second-order valence-corrected chi connectivity index (χ2v) is 6.12. The summed E-state index contributed by atoms with van der Waals surface area (Å²) < 4.78 is 10.7. The van der Waals surface area contributed by atoms with Crippen molar-refractivity contribution in [2.45, 2.75) is 25.8 Å². The molecule has 0 spiro atoms. The van der Waals surface area contributed by atoms with Crippen LogP contribution < -0.4 is 20.1 Å². The molecule has 0 aliphatic carbocycles. The summed E-state index contributed by atoms with van der Waals surface area (Å²) >= 11 is 0. The van der Waals surface area contributed by atoms with Gasteiger partial charge in [-0.05, 0) is 38.0 Å². The maximum atomic E-state index is 12.0. The van der Waals surface area contributed by atoms with E-state index >= 15 is 0 Å². The molecule has 0 atom stereocenters. The molecule has 0 fully saturated rings. The quantitative estimate of drug-likeness (QED) is 0.697. The number of aliphatic hydroxyl groups excluding tert-OH is 1.